The fraction of sp³-hybridized carbons (Fsp3) is 0.600. The molecule has 13 heavy (non-hydrogen) atoms. The van der Waals surface area contributed by atoms with Crippen molar-refractivity contribution in [2.45, 2.75) is 25.8 Å². The van der Waals surface area contributed by atoms with Crippen LogP contribution in [-0.2, 0) is 6.54 Å². The number of hydrogen-bond acceptors (Lipinski definition) is 2. The molecule has 2 rings (SSSR count). The third-order valence-electron chi connectivity index (χ3n) is 2.53. The zero-order valence-electron chi connectivity index (χ0n) is 7.63. The minimum absolute atomic E-state index is 1.13. The molecular formula is C10H14BrNS. The predicted octanol–water partition coefficient (Wildman–Crippen LogP) is 3.50. The van der Waals surface area contributed by atoms with Crippen LogP contribution in [0.3, 0.4) is 0 Å². The van der Waals surface area contributed by atoms with Crippen molar-refractivity contribution >= 4 is 27.3 Å². The highest BCUT2D eigenvalue weighted by Crippen LogP contribution is 2.23. The third-order valence-corrected chi connectivity index (χ3v) is 4.36. The maximum Gasteiger partial charge on any atom is 0.0327 e. The molecule has 0 aliphatic carbocycles. The molecule has 1 saturated heterocycles. The van der Waals surface area contributed by atoms with Gasteiger partial charge in [-0.25, -0.2) is 0 Å². The lowest BCUT2D eigenvalue weighted by Crippen LogP contribution is -2.28. The fourth-order valence-electron chi connectivity index (χ4n) is 1.78. The van der Waals surface area contributed by atoms with Crippen molar-refractivity contribution < 1.29 is 0 Å². The van der Waals surface area contributed by atoms with Crippen LogP contribution in [0.1, 0.15) is 24.8 Å². The van der Waals surface area contributed by atoms with Gasteiger partial charge in [-0.05, 0) is 52.8 Å². The van der Waals surface area contributed by atoms with E-state index in [4.69, 9.17) is 0 Å². The Morgan fingerprint density at radius 3 is 2.62 bits per heavy atom. The van der Waals surface area contributed by atoms with Crippen LogP contribution in [0.5, 0.6) is 0 Å². The number of nitrogens with zero attached hydrogens (tertiary/aromatic N) is 1. The lowest BCUT2D eigenvalue weighted by atomic mass is 10.1. The molecule has 0 N–H and O–H groups in total. The summed E-state index contributed by atoms with van der Waals surface area (Å²) in [5.41, 5.74) is 1.45. The van der Waals surface area contributed by atoms with E-state index in [1.54, 1.807) is 11.3 Å². The van der Waals surface area contributed by atoms with Gasteiger partial charge in [0.05, 0.1) is 0 Å². The largest absolute Gasteiger partial charge is 0.299 e. The van der Waals surface area contributed by atoms with Gasteiger partial charge < -0.3 is 0 Å². The second-order valence-corrected chi connectivity index (χ2v) is 5.18. The van der Waals surface area contributed by atoms with E-state index in [2.05, 4.69) is 31.6 Å². The van der Waals surface area contributed by atoms with Gasteiger partial charge in [0.15, 0.2) is 0 Å². The minimum atomic E-state index is 1.13. The number of likely N-dealkylation sites (tertiary alicyclic amines) is 1. The molecule has 0 bridgehead atoms. The van der Waals surface area contributed by atoms with Crippen LogP contribution in [0.4, 0.5) is 0 Å². The fourth-order valence-corrected chi connectivity index (χ4v) is 3.20. The molecule has 0 atom stereocenters. The predicted molar refractivity (Wildman–Crippen MR) is 61.1 cm³/mol. The van der Waals surface area contributed by atoms with Crippen molar-refractivity contribution in [3.8, 4) is 0 Å². The summed E-state index contributed by atoms with van der Waals surface area (Å²) >= 11 is 5.36. The average molecular weight is 260 g/mol. The summed E-state index contributed by atoms with van der Waals surface area (Å²) in [5, 5.41) is 4.41. The first kappa shape index (κ1) is 9.69. The Hall–Kier alpha value is 0.140. The Labute approximate surface area is 91.9 Å². The SMILES string of the molecule is Brc1cscc1CN1CCCCC1. The van der Waals surface area contributed by atoms with E-state index < -0.39 is 0 Å². The highest BCUT2D eigenvalue weighted by molar-refractivity contribution is 9.10. The molecule has 3 heteroatoms. The summed E-state index contributed by atoms with van der Waals surface area (Å²) in [5.74, 6) is 0. The zero-order valence-corrected chi connectivity index (χ0v) is 10.0. The van der Waals surface area contributed by atoms with Crippen LogP contribution in [0.2, 0.25) is 0 Å². The molecular weight excluding hydrogens is 246 g/mol. The summed E-state index contributed by atoms with van der Waals surface area (Å²) in [4.78, 5) is 2.55. The molecule has 0 radical (unpaired) electrons. The molecule has 0 aromatic carbocycles. The summed E-state index contributed by atoms with van der Waals surface area (Å²) in [6.07, 6.45) is 4.17. The molecule has 72 valence electrons. The van der Waals surface area contributed by atoms with Crippen molar-refractivity contribution in [1.82, 2.24) is 4.90 Å². The Bertz CT molecular complexity index is 266. The smallest absolute Gasteiger partial charge is 0.0327 e. The normalized spacial score (nSPS) is 19.2. The second kappa shape index (κ2) is 4.58. The highest BCUT2D eigenvalue weighted by atomic mass is 79.9. The van der Waals surface area contributed by atoms with Crippen LogP contribution in [0, 0.1) is 0 Å². The lowest BCUT2D eigenvalue weighted by molar-refractivity contribution is 0.221. The molecule has 0 spiro atoms. The Morgan fingerprint density at radius 2 is 2.00 bits per heavy atom. The van der Waals surface area contributed by atoms with Gasteiger partial charge >= 0.3 is 0 Å². The first-order valence-electron chi connectivity index (χ1n) is 4.79. The maximum atomic E-state index is 3.58. The maximum absolute atomic E-state index is 3.58. The number of rotatable bonds is 2. The Morgan fingerprint density at radius 1 is 1.23 bits per heavy atom. The Balaban J connectivity index is 1.93. The van der Waals surface area contributed by atoms with Gasteiger partial charge in [-0.1, -0.05) is 6.42 Å². The van der Waals surface area contributed by atoms with Crippen LogP contribution >= 0.6 is 27.3 Å². The average Bonchev–Trinajstić information content (AvgIpc) is 2.54. The van der Waals surface area contributed by atoms with Crippen molar-refractivity contribution in [3.63, 3.8) is 0 Å². The van der Waals surface area contributed by atoms with Gasteiger partial charge in [-0.15, -0.1) is 0 Å². The molecule has 1 aliphatic rings. The zero-order chi connectivity index (χ0) is 9.10. The topological polar surface area (TPSA) is 3.24 Å². The quantitative estimate of drug-likeness (QED) is 0.786. The standard InChI is InChI=1S/C10H14BrNS/c11-10-8-13-7-9(10)6-12-4-2-1-3-5-12/h7-8H,1-6H2. The summed E-state index contributed by atoms with van der Waals surface area (Å²) < 4.78 is 1.28. The first-order chi connectivity index (χ1) is 6.36. The van der Waals surface area contributed by atoms with E-state index >= 15 is 0 Å². The Kier molecular flexibility index (Phi) is 3.41. The first-order valence-corrected chi connectivity index (χ1v) is 6.53. The van der Waals surface area contributed by atoms with E-state index in [0.717, 1.165) is 6.54 Å². The molecule has 1 nitrogen and oxygen atoms in total. The van der Waals surface area contributed by atoms with Crippen molar-refractivity contribution in [1.29, 1.82) is 0 Å². The van der Waals surface area contributed by atoms with Crippen LogP contribution < -0.4 is 0 Å². The van der Waals surface area contributed by atoms with E-state index in [1.165, 1.54) is 42.4 Å². The van der Waals surface area contributed by atoms with E-state index in [9.17, 15) is 0 Å². The summed E-state index contributed by atoms with van der Waals surface area (Å²) in [6.45, 7) is 3.69. The van der Waals surface area contributed by atoms with E-state index in [0.29, 0.717) is 0 Å². The number of thiophene rings is 1. The van der Waals surface area contributed by atoms with Crippen LogP contribution in [-0.4, -0.2) is 18.0 Å². The van der Waals surface area contributed by atoms with Gasteiger partial charge in [0.2, 0.25) is 0 Å². The van der Waals surface area contributed by atoms with Gasteiger partial charge in [-0.3, -0.25) is 4.90 Å². The monoisotopic (exact) mass is 259 g/mol. The van der Waals surface area contributed by atoms with Gasteiger partial charge in [0.25, 0.3) is 0 Å². The van der Waals surface area contributed by atoms with Crippen molar-refractivity contribution in [2.75, 3.05) is 13.1 Å². The molecule has 1 aromatic heterocycles. The summed E-state index contributed by atoms with van der Waals surface area (Å²) in [7, 11) is 0. The van der Waals surface area contributed by atoms with Crippen molar-refractivity contribution in [3.05, 3.63) is 20.8 Å². The third kappa shape index (κ3) is 2.55. The van der Waals surface area contributed by atoms with Crippen LogP contribution in [0.25, 0.3) is 0 Å². The molecule has 0 saturated carbocycles. The number of halogens is 1. The molecule has 0 unspecified atom stereocenters. The number of hydrogen-bond donors (Lipinski definition) is 0. The lowest BCUT2D eigenvalue weighted by Gasteiger charge is -2.26. The molecule has 0 amide bonds. The number of piperidine rings is 1. The molecule has 1 aromatic rings. The van der Waals surface area contributed by atoms with E-state index in [-0.39, 0.29) is 0 Å². The molecule has 1 aliphatic heterocycles. The van der Waals surface area contributed by atoms with Gasteiger partial charge in [0, 0.05) is 16.4 Å². The highest BCUT2D eigenvalue weighted by Gasteiger charge is 2.11. The van der Waals surface area contributed by atoms with Crippen LogP contribution in [0.15, 0.2) is 15.2 Å². The minimum Gasteiger partial charge on any atom is -0.299 e. The van der Waals surface area contributed by atoms with Gasteiger partial charge in [-0.2, -0.15) is 11.3 Å². The van der Waals surface area contributed by atoms with Crippen molar-refractivity contribution in [2.24, 2.45) is 0 Å². The van der Waals surface area contributed by atoms with Gasteiger partial charge in [0.1, 0.15) is 0 Å². The second-order valence-electron chi connectivity index (χ2n) is 3.58. The van der Waals surface area contributed by atoms with E-state index in [1.807, 2.05) is 0 Å². The molecule has 1 fully saturated rings. The summed E-state index contributed by atoms with van der Waals surface area (Å²) in [6, 6.07) is 0. The molecule has 2 heterocycles.